The maximum atomic E-state index is 12.8. The quantitative estimate of drug-likeness (QED) is 0.374. The van der Waals surface area contributed by atoms with Gasteiger partial charge in [-0.05, 0) is 72.6 Å². The SMILES string of the molecule is CCN(CC)Sc1cccc(C(=O)Nc2cccc(NC(=O)c3ccc([NH3+])cc3)c2)c1.CO. The minimum atomic E-state index is -0.218. The van der Waals surface area contributed by atoms with Crippen LogP contribution in [0.4, 0.5) is 17.1 Å². The Morgan fingerprint density at radius 2 is 1.36 bits per heavy atom. The molecule has 0 unspecified atom stereocenters. The molecule has 6 N–H and O–H groups in total. The molecule has 0 aliphatic carbocycles. The number of aliphatic hydroxyl groups is 1. The molecule has 174 valence electrons. The third-order valence-corrected chi connectivity index (χ3v) is 5.87. The average molecular weight is 468 g/mol. The van der Waals surface area contributed by atoms with E-state index < -0.39 is 0 Å². The molecule has 0 atom stereocenters. The summed E-state index contributed by atoms with van der Waals surface area (Å²) in [4.78, 5) is 26.2. The van der Waals surface area contributed by atoms with E-state index in [9.17, 15) is 9.59 Å². The first-order chi connectivity index (χ1) is 16.0. The van der Waals surface area contributed by atoms with Crippen molar-refractivity contribution in [3.05, 3.63) is 83.9 Å². The van der Waals surface area contributed by atoms with Gasteiger partial charge in [0.05, 0.1) is 0 Å². The van der Waals surface area contributed by atoms with E-state index in [1.165, 1.54) is 0 Å². The van der Waals surface area contributed by atoms with Gasteiger partial charge in [0.25, 0.3) is 11.8 Å². The van der Waals surface area contributed by atoms with E-state index in [1.54, 1.807) is 66.5 Å². The third-order valence-electron chi connectivity index (χ3n) is 4.63. The van der Waals surface area contributed by atoms with Crippen molar-refractivity contribution < 1.29 is 20.4 Å². The number of nitrogens with one attached hydrogen (secondary N) is 2. The van der Waals surface area contributed by atoms with Crippen molar-refractivity contribution in [1.82, 2.24) is 4.31 Å². The average Bonchev–Trinajstić information content (AvgIpc) is 2.84. The minimum absolute atomic E-state index is 0.198. The van der Waals surface area contributed by atoms with E-state index in [0.29, 0.717) is 22.5 Å². The van der Waals surface area contributed by atoms with Crippen LogP contribution < -0.4 is 16.4 Å². The van der Waals surface area contributed by atoms with Crippen molar-refractivity contribution in [2.45, 2.75) is 18.7 Å². The van der Waals surface area contributed by atoms with Gasteiger partial charge in [-0.1, -0.05) is 26.0 Å². The Hall–Kier alpha value is -3.17. The molecule has 3 aromatic carbocycles. The lowest BCUT2D eigenvalue weighted by molar-refractivity contribution is -0.254. The van der Waals surface area contributed by atoms with Crippen molar-refractivity contribution in [2.75, 3.05) is 30.8 Å². The number of carbonyl (C=O) groups is 2. The molecule has 0 fully saturated rings. The number of nitrogens with zero attached hydrogens (tertiary/aromatic N) is 1. The van der Waals surface area contributed by atoms with E-state index >= 15 is 0 Å². The molecule has 0 aliphatic heterocycles. The lowest BCUT2D eigenvalue weighted by Crippen LogP contribution is -2.39. The number of hydrogen-bond acceptors (Lipinski definition) is 5. The number of benzene rings is 3. The molecule has 0 aliphatic rings. The molecule has 2 amide bonds. The second-order valence-electron chi connectivity index (χ2n) is 6.92. The molecule has 3 aromatic rings. The van der Waals surface area contributed by atoms with E-state index in [4.69, 9.17) is 5.11 Å². The topological polar surface area (TPSA) is 109 Å². The summed E-state index contributed by atoms with van der Waals surface area (Å²) in [6.45, 7) is 6.06. The van der Waals surface area contributed by atoms with E-state index in [2.05, 4.69) is 34.5 Å². The van der Waals surface area contributed by atoms with Crippen LogP contribution >= 0.6 is 11.9 Å². The molecule has 0 bridgehead atoms. The first-order valence-corrected chi connectivity index (χ1v) is 11.4. The number of carbonyl (C=O) groups excluding carboxylic acids is 2. The minimum Gasteiger partial charge on any atom is -0.400 e. The Bertz CT molecular complexity index is 1050. The third kappa shape index (κ3) is 8.03. The molecule has 3 rings (SSSR count). The summed E-state index contributed by atoms with van der Waals surface area (Å²) < 4.78 is 2.22. The highest BCUT2D eigenvalue weighted by Crippen LogP contribution is 2.24. The predicted molar refractivity (Wildman–Crippen MR) is 135 cm³/mol. The number of hydrogen-bond donors (Lipinski definition) is 4. The Morgan fingerprint density at radius 3 is 1.94 bits per heavy atom. The number of quaternary nitrogens is 1. The van der Waals surface area contributed by atoms with Crippen molar-refractivity contribution in [2.24, 2.45) is 0 Å². The van der Waals surface area contributed by atoms with Gasteiger partial charge in [-0.3, -0.25) is 9.59 Å². The van der Waals surface area contributed by atoms with Gasteiger partial charge in [0.2, 0.25) is 0 Å². The van der Waals surface area contributed by atoms with Gasteiger partial charge >= 0.3 is 0 Å². The number of anilines is 2. The molecule has 8 heteroatoms. The largest absolute Gasteiger partial charge is 0.400 e. The monoisotopic (exact) mass is 467 g/mol. The molecule has 33 heavy (non-hydrogen) atoms. The predicted octanol–water partition coefficient (Wildman–Crippen LogP) is 4.02. The summed E-state index contributed by atoms with van der Waals surface area (Å²) in [7, 11) is 1.00. The van der Waals surface area contributed by atoms with Gasteiger partial charge in [0.15, 0.2) is 0 Å². The fraction of sp³-hybridized carbons (Fsp3) is 0.200. The van der Waals surface area contributed by atoms with E-state index in [-0.39, 0.29) is 11.8 Å². The highest BCUT2D eigenvalue weighted by Gasteiger charge is 2.11. The zero-order chi connectivity index (χ0) is 24.2. The lowest BCUT2D eigenvalue weighted by Gasteiger charge is -2.16. The Labute approximate surface area is 199 Å². The van der Waals surface area contributed by atoms with Crippen LogP contribution in [0.25, 0.3) is 0 Å². The standard InChI is InChI=1S/C24H26N4O2S.CH4O/c1-3-28(4-2)31-22-10-5-7-18(15-22)24(30)27-21-9-6-8-20(16-21)26-23(29)17-11-13-19(25)14-12-17;1-2/h5-16H,3-4,25H2,1-2H3,(H,26,29)(H,27,30);2H,1H3/p+1. The zero-order valence-corrected chi connectivity index (χ0v) is 20.0. The smallest absolute Gasteiger partial charge is 0.255 e. The fourth-order valence-electron chi connectivity index (χ4n) is 2.93. The summed E-state index contributed by atoms with van der Waals surface area (Å²) in [6, 6.07) is 21.7. The van der Waals surface area contributed by atoms with Crippen LogP contribution in [0, 0.1) is 0 Å². The Morgan fingerprint density at radius 1 is 0.818 bits per heavy atom. The zero-order valence-electron chi connectivity index (χ0n) is 19.2. The second kappa shape index (κ2) is 13.4. The molecular formula is C25H31N4O3S+. The molecule has 0 radical (unpaired) electrons. The van der Waals surface area contributed by atoms with Gasteiger partial charge in [-0.15, -0.1) is 0 Å². The molecule has 0 heterocycles. The van der Waals surface area contributed by atoms with E-state index in [0.717, 1.165) is 30.8 Å². The van der Waals surface area contributed by atoms with Gasteiger partial charge < -0.3 is 21.5 Å². The van der Waals surface area contributed by atoms with Crippen molar-refractivity contribution in [1.29, 1.82) is 0 Å². The van der Waals surface area contributed by atoms with Crippen LogP contribution in [-0.4, -0.2) is 41.4 Å². The molecule has 0 spiro atoms. The Balaban J connectivity index is 0.00000187. The molecule has 7 nitrogen and oxygen atoms in total. The second-order valence-corrected chi connectivity index (χ2v) is 8.09. The molecule has 0 saturated carbocycles. The normalized spacial score (nSPS) is 10.2. The summed E-state index contributed by atoms with van der Waals surface area (Å²) in [5, 5.41) is 12.8. The molecular weight excluding hydrogens is 436 g/mol. The molecule has 0 aromatic heterocycles. The van der Waals surface area contributed by atoms with Gasteiger partial charge in [-0.2, -0.15) is 0 Å². The van der Waals surface area contributed by atoms with Crippen molar-refractivity contribution >= 4 is 40.8 Å². The highest BCUT2D eigenvalue weighted by molar-refractivity contribution is 7.97. The van der Waals surface area contributed by atoms with Crippen LogP contribution in [0.15, 0.2) is 77.7 Å². The van der Waals surface area contributed by atoms with Gasteiger partial charge in [0, 0.05) is 47.6 Å². The van der Waals surface area contributed by atoms with Crippen LogP contribution in [-0.2, 0) is 0 Å². The highest BCUT2D eigenvalue weighted by atomic mass is 32.2. The van der Waals surface area contributed by atoms with Gasteiger partial charge in [-0.25, -0.2) is 4.31 Å². The molecule has 0 saturated heterocycles. The summed E-state index contributed by atoms with van der Waals surface area (Å²) in [5.41, 5.74) is 7.01. The maximum Gasteiger partial charge on any atom is 0.255 e. The van der Waals surface area contributed by atoms with Crippen molar-refractivity contribution in [3.63, 3.8) is 0 Å². The summed E-state index contributed by atoms with van der Waals surface area (Å²) in [6.07, 6.45) is 0. The maximum absolute atomic E-state index is 12.8. The van der Waals surface area contributed by atoms with Gasteiger partial charge in [0.1, 0.15) is 5.69 Å². The summed E-state index contributed by atoms with van der Waals surface area (Å²) in [5.74, 6) is -0.416. The van der Waals surface area contributed by atoms with Crippen LogP contribution in [0.1, 0.15) is 34.6 Å². The lowest BCUT2D eigenvalue weighted by atomic mass is 10.2. The van der Waals surface area contributed by atoms with E-state index in [1.807, 2.05) is 18.2 Å². The van der Waals surface area contributed by atoms with Crippen LogP contribution in [0.3, 0.4) is 0 Å². The number of amides is 2. The van der Waals surface area contributed by atoms with Crippen molar-refractivity contribution in [3.8, 4) is 0 Å². The first-order valence-electron chi connectivity index (χ1n) is 10.6. The fourth-order valence-corrected chi connectivity index (χ4v) is 3.81. The summed E-state index contributed by atoms with van der Waals surface area (Å²) >= 11 is 1.64. The Kier molecular flexibility index (Phi) is 10.6. The number of rotatable bonds is 8. The van der Waals surface area contributed by atoms with Crippen LogP contribution in [0.2, 0.25) is 0 Å². The van der Waals surface area contributed by atoms with Crippen LogP contribution in [0.5, 0.6) is 0 Å². The number of aliphatic hydroxyl groups excluding tert-OH is 1. The first kappa shape index (κ1) is 26.1.